The quantitative estimate of drug-likeness (QED) is 0.742. The van der Waals surface area contributed by atoms with Gasteiger partial charge in [-0.25, -0.2) is 9.07 Å². The van der Waals surface area contributed by atoms with Crippen molar-refractivity contribution in [3.63, 3.8) is 0 Å². The SMILES string of the molecule is O=C(Cn1nc(-c2ccccc2)ccc1=O)NCCc1ccccc1F. The minimum Gasteiger partial charge on any atom is -0.354 e. The first-order chi connectivity index (χ1) is 12.6. The molecule has 2 aromatic carbocycles. The summed E-state index contributed by atoms with van der Waals surface area (Å²) in [6.45, 7) is 0.101. The van der Waals surface area contributed by atoms with Crippen molar-refractivity contribution in [2.45, 2.75) is 13.0 Å². The van der Waals surface area contributed by atoms with E-state index in [-0.39, 0.29) is 30.4 Å². The first kappa shape index (κ1) is 17.5. The molecule has 3 aromatic rings. The Morgan fingerprint density at radius 2 is 1.73 bits per heavy atom. The lowest BCUT2D eigenvalue weighted by Gasteiger charge is -2.09. The smallest absolute Gasteiger partial charge is 0.267 e. The van der Waals surface area contributed by atoms with Gasteiger partial charge in [-0.05, 0) is 24.1 Å². The molecule has 1 N–H and O–H groups in total. The lowest BCUT2D eigenvalue weighted by molar-refractivity contribution is -0.121. The number of benzene rings is 2. The van der Waals surface area contributed by atoms with Crippen LogP contribution < -0.4 is 10.9 Å². The van der Waals surface area contributed by atoms with Crippen LogP contribution in [0.5, 0.6) is 0 Å². The molecule has 0 bridgehead atoms. The van der Waals surface area contributed by atoms with Gasteiger partial charge in [-0.1, -0.05) is 48.5 Å². The Hall–Kier alpha value is -3.28. The highest BCUT2D eigenvalue weighted by atomic mass is 19.1. The van der Waals surface area contributed by atoms with Gasteiger partial charge >= 0.3 is 0 Å². The molecule has 6 heteroatoms. The fraction of sp³-hybridized carbons (Fsp3) is 0.150. The van der Waals surface area contributed by atoms with E-state index in [1.165, 1.54) is 12.1 Å². The Bertz CT molecular complexity index is 955. The molecule has 1 heterocycles. The standard InChI is InChI=1S/C20H18FN3O2/c21-17-9-5-4-6-15(17)12-13-22-19(25)14-24-20(26)11-10-18(23-24)16-7-2-1-3-8-16/h1-11H,12-14H2,(H,22,25). The summed E-state index contributed by atoms with van der Waals surface area (Å²) in [5.41, 5.74) is 1.66. The van der Waals surface area contributed by atoms with E-state index >= 15 is 0 Å². The zero-order valence-electron chi connectivity index (χ0n) is 14.1. The van der Waals surface area contributed by atoms with Gasteiger partial charge in [0.05, 0.1) is 5.69 Å². The van der Waals surface area contributed by atoms with Crippen molar-refractivity contribution < 1.29 is 9.18 Å². The Balaban J connectivity index is 1.62. The summed E-state index contributed by atoms with van der Waals surface area (Å²) in [5.74, 6) is -0.642. The van der Waals surface area contributed by atoms with E-state index in [9.17, 15) is 14.0 Å². The second kappa shape index (κ2) is 8.20. The Morgan fingerprint density at radius 1 is 1.00 bits per heavy atom. The van der Waals surface area contributed by atoms with Crippen LogP contribution >= 0.6 is 0 Å². The van der Waals surface area contributed by atoms with Gasteiger partial charge < -0.3 is 5.32 Å². The van der Waals surface area contributed by atoms with Crippen molar-refractivity contribution in [2.24, 2.45) is 0 Å². The molecule has 0 saturated carbocycles. The molecule has 0 aliphatic carbocycles. The van der Waals surface area contributed by atoms with Crippen LogP contribution in [-0.2, 0) is 17.8 Å². The molecule has 0 aliphatic rings. The van der Waals surface area contributed by atoms with Crippen molar-refractivity contribution in [1.29, 1.82) is 0 Å². The molecule has 0 spiro atoms. The van der Waals surface area contributed by atoms with Gasteiger partial charge in [-0.15, -0.1) is 0 Å². The Labute approximate surface area is 150 Å². The maximum Gasteiger partial charge on any atom is 0.267 e. The lowest BCUT2D eigenvalue weighted by Crippen LogP contribution is -2.34. The summed E-state index contributed by atoms with van der Waals surface area (Å²) in [4.78, 5) is 24.0. The molecule has 132 valence electrons. The van der Waals surface area contributed by atoms with Gasteiger partial charge in [0.1, 0.15) is 12.4 Å². The van der Waals surface area contributed by atoms with Gasteiger partial charge in [0.2, 0.25) is 5.91 Å². The summed E-state index contributed by atoms with van der Waals surface area (Å²) in [6.07, 6.45) is 0.380. The summed E-state index contributed by atoms with van der Waals surface area (Å²) < 4.78 is 14.7. The predicted molar refractivity (Wildman–Crippen MR) is 97.0 cm³/mol. The second-order valence-corrected chi connectivity index (χ2v) is 5.77. The van der Waals surface area contributed by atoms with E-state index in [4.69, 9.17) is 0 Å². The fourth-order valence-electron chi connectivity index (χ4n) is 2.55. The minimum atomic E-state index is -0.353. The number of carbonyl (C=O) groups excluding carboxylic acids is 1. The van der Waals surface area contributed by atoms with Crippen molar-refractivity contribution >= 4 is 5.91 Å². The van der Waals surface area contributed by atoms with E-state index in [2.05, 4.69) is 10.4 Å². The average Bonchev–Trinajstić information content (AvgIpc) is 2.66. The first-order valence-electron chi connectivity index (χ1n) is 8.27. The largest absolute Gasteiger partial charge is 0.354 e. The molecule has 0 unspecified atom stereocenters. The number of halogens is 1. The Morgan fingerprint density at radius 3 is 2.50 bits per heavy atom. The second-order valence-electron chi connectivity index (χ2n) is 5.77. The number of hydrogen-bond donors (Lipinski definition) is 1. The van der Waals surface area contributed by atoms with Crippen LogP contribution in [0, 0.1) is 5.82 Å². The number of carbonyl (C=O) groups is 1. The number of aromatic nitrogens is 2. The zero-order valence-corrected chi connectivity index (χ0v) is 14.1. The third kappa shape index (κ3) is 4.42. The monoisotopic (exact) mass is 351 g/mol. The molecule has 0 saturated heterocycles. The van der Waals surface area contributed by atoms with Crippen LogP contribution in [0.15, 0.2) is 71.5 Å². The molecule has 3 rings (SSSR count). The minimum absolute atomic E-state index is 0.184. The van der Waals surface area contributed by atoms with Crippen molar-refractivity contribution in [3.05, 3.63) is 88.5 Å². The van der Waals surface area contributed by atoms with Crippen molar-refractivity contribution in [2.75, 3.05) is 6.54 Å². The van der Waals surface area contributed by atoms with E-state index in [0.29, 0.717) is 17.7 Å². The number of hydrogen-bond acceptors (Lipinski definition) is 3. The van der Waals surface area contributed by atoms with Crippen LogP contribution in [-0.4, -0.2) is 22.2 Å². The number of amides is 1. The highest BCUT2D eigenvalue weighted by molar-refractivity contribution is 5.75. The molecule has 1 amide bonds. The van der Waals surface area contributed by atoms with Crippen LogP contribution in [0.3, 0.4) is 0 Å². The molecule has 0 radical (unpaired) electrons. The molecular formula is C20H18FN3O2. The summed E-state index contributed by atoms with van der Waals surface area (Å²) in [7, 11) is 0. The summed E-state index contributed by atoms with van der Waals surface area (Å²) >= 11 is 0. The van der Waals surface area contributed by atoms with Crippen LogP contribution in [0.2, 0.25) is 0 Å². The zero-order chi connectivity index (χ0) is 18.4. The maximum atomic E-state index is 13.6. The normalized spacial score (nSPS) is 10.5. The van der Waals surface area contributed by atoms with Gasteiger partial charge in [-0.2, -0.15) is 5.10 Å². The maximum absolute atomic E-state index is 13.6. The van der Waals surface area contributed by atoms with E-state index in [1.807, 2.05) is 30.3 Å². The summed E-state index contributed by atoms with van der Waals surface area (Å²) in [5, 5.41) is 6.93. The van der Waals surface area contributed by atoms with Crippen molar-refractivity contribution in [1.82, 2.24) is 15.1 Å². The van der Waals surface area contributed by atoms with Crippen LogP contribution in [0.1, 0.15) is 5.56 Å². The molecule has 26 heavy (non-hydrogen) atoms. The molecule has 5 nitrogen and oxygen atoms in total. The lowest BCUT2D eigenvalue weighted by atomic mass is 10.1. The van der Waals surface area contributed by atoms with E-state index in [1.54, 1.807) is 24.3 Å². The molecule has 0 fully saturated rings. The topological polar surface area (TPSA) is 64.0 Å². The Kier molecular flexibility index (Phi) is 5.53. The van der Waals surface area contributed by atoms with Crippen LogP contribution in [0.25, 0.3) is 11.3 Å². The van der Waals surface area contributed by atoms with Gasteiger partial charge in [0.15, 0.2) is 0 Å². The molecule has 1 aromatic heterocycles. The van der Waals surface area contributed by atoms with Gasteiger partial charge in [0, 0.05) is 18.2 Å². The van der Waals surface area contributed by atoms with Gasteiger partial charge in [-0.3, -0.25) is 9.59 Å². The number of rotatable bonds is 6. The third-order valence-electron chi connectivity index (χ3n) is 3.90. The van der Waals surface area contributed by atoms with Gasteiger partial charge in [0.25, 0.3) is 5.56 Å². The molecule has 0 atom stereocenters. The van der Waals surface area contributed by atoms with Crippen molar-refractivity contribution in [3.8, 4) is 11.3 Å². The highest BCUT2D eigenvalue weighted by Gasteiger charge is 2.08. The first-order valence-corrected chi connectivity index (χ1v) is 8.27. The highest BCUT2D eigenvalue weighted by Crippen LogP contribution is 2.13. The van der Waals surface area contributed by atoms with Crippen LogP contribution in [0.4, 0.5) is 4.39 Å². The fourth-order valence-corrected chi connectivity index (χ4v) is 2.55. The summed E-state index contributed by atoms with van der Waals surface area (Å²) in [6, 6.07) is 18.9. The van der Waals surface area contributed by atoms with E-state index < -0.39 is 0 Å². The molecule has 0 aliphatic heterocycles. The van der Waals surface area contributed by atoms with E-state index in [0.717, 1.165) is 10.2 Å². The third-order valence-corrected chi connectivity index (χ3v) is 3.90. The number of nitrogens with zero attached hydrogens (tertiary/aromatic N) is 2. The predicted octanol–water partition coefficient (Wildman–Crippen LogP) is 2.41. The average molecular weight is 351 g/mol. The molecular weight excluding hydrogens is 333 g/mol. The number of nitrogens with one attached hydrogen (secondary N) is 1.